The van der Waals surface area contributed by atoms with Crippen LogP contribution in [0.2, 0.25) is 0 Å². The maximum atomic E-state index is 13.6. The number of hydrogen-bond donors (Lipinski definition) is 2. The molecule has 2 rings (SSSR count). The van der Waals surface area contributed by atoms with E-state index in [-0.39, 0.29) is 11.3 Å². The smallest absolute Gasteiger partial charge is 0.255 e. The van der Waals surface area contributed by atoms with Crippen molar-refractivity contribution >= 4 is 23.2 Å². The minimum atomic E-state index is -0.597. The average molecular weight is 316 g/mol. The summed E-state index contributed by atoms with van der Waals surface area (Å²) in [7, 11) is 1.61. The molecule has 0 radical (unpaired) electrons. The number of carbonyl (C=O) groups is 2. The number of carbonyl (C=O) groups excluding carboxylic acids is 2. The molecule has 0 atom stereocenters. The maximum Gasteiger partial charge on any atom is 0.255 e. The molecular weight excluding hydrogens is 299 g/mol. The van der Waals surface area contributed by atoms with Gasteiger partial charge in [0.05, 0.1) is 12.3 Å². The van der Waals surface area contributed by atoms with E-state index in [4.69, 9.17) is 4.74 Å². The Kier molecular flexibility index (Phi) is 5.43. The first kappa shape index (κ1) is 16.6. The van der Waals surface area contributed by atoms with Crippen LogP contribution >= 0.6 is 0 Å². The quantitative estimate of drug-likeness (QED) is 0.890. The first-order chi connectivity index (χ1) is 11.0. The molecule has 0 heterocycles. The molecule has 0 aliphatic heterocycles. The highest BCUT2D eigenvalue weighted by Crippen LogP contribution is 2.18. The summed E-state index contributed by atoms with van der Waals surface area (Å²) in [5, 5.41) is 5.06. The van der Waals surface area contributed by atoms with Gasteiger partial charge in [0.1, 0.15) is 5.82 Å². The van der Waals surface area contributed by atoms with Crippen molar-refractivity contribution in [3.05, 3.63) is 59.4 Å². The van der Waals surface area contributed by atoms with Crippen LogP contribution in [0.15, 0.2) is 42.5 Å². The van der Waals surface area contributed by atoms with Gasteiger partial charge in [-0.05, 0) is 35.9 Å². The van der Waals surface area contributed by atoms with Gasteiger partial charge >= 0.3 is 0 Å². The molecule has 0 fully saturated rings. The minimum Gasteiger partial charge on any atom is -0.380 e. The monoisotopic (exact) mass is 316 g/mol. The summed E-state index contributed by atoms with van der Waals surface area (Å²) < 4.78 is 18.6. The molecule has 0 saturated heterocycles. The normalized spacial score (nSPS) is 10.2. The fourth-order valence-electron chi connectivity index (χ4n) is 2.01. The third-order valence-corrected chi connectivity index (χ3v) is 3.06. The number of benzene rings is 2. The minimum absolute atomic E-state index is 0.0272. The summed E-state index contributed by atoms with van der Waals surface area (Å²) in [6.07, 6.45) is 0. The third kappa shape index (κ3) is 4.62. The second kappa shape index (κ2) is 7.51. The van der Waals surface area contributed by atoms with Gasteiger partial charge in [-0.15, -0.1) is 0 Å². The van der Waals surface area contributed by atoms with Crippen molar-refractivity contribution < 1.29 is 18.7 Å². The fraction of sp³-hybridized carbons (Fsp3) is 0.176. The van der Waals surface area contributed by atoms with Gasteiger partial charge in [-0.3, -0.25) is 9.59 Å². The highest BCUT2D eigenvalue weighted by atomic mass is 19.1. The molecule has 120 valence electrons. The highest BCUT2D eigenvalue weighted by Gasteiger charge is 2.11. The SMILES string of the molecule is COCc1ccc(NC(=O)c2ccc(F)c(NC(C)=O)c2)cc1. The summed E-state index contributed by atoms with van der Waals surface area (Å²) in [5.74, 6) is -1.40. The molecule has 0 saturated carbocycles. The lowest BCUT2D eigenvalue weighted by Gasteiger charge is -2.09. The van der Waals surface area contributed by atoms with E-state index < -0.39 is 17.6 Å². The molecule has 2 aromatic carbocycles. The van der Waals surface area contributed by atoms with Crippen LogP contribution in [0.1, 0.15) is 22.8 Å². The van der Waals surface area contributed by atoms with Crippen molar-refractivity contribution in [2.75, 3.05) is 17.7 Å². The topological polar surface area (TPSA) is 67.4 Å². The Bertz CT molecular complexity index is 714. The third-order valence-electron chi connectivity index (χ3n) is 3.06. The lowest BCUT2D eigenvalue weighted by molar-refractivity contribution is -0.114. The zero-order chi connectivity index (χ0) is 16.8. The molecule has 5 nitrogen and oxygen atoms in total. The molecular formula is C17H17FN2O3. The molecule has 0 aliphatic carbocycles. The molecule has 0 unspecified atom stereocenters. The standard InChI is InChI=1S/C17H17FN2O3/c1-11(21)19-16-9-13(5-8-15(16)18)17(22)20-14-6-3-12(4-7-14)10-23-2/h3-9H,10H2,1-2H3,(H,19,21)(H,20,22). The second-order valence-corrected chi connectivity index (χ2v) is 4.96. The number of halogens is 1. The number of hydrogen-bond acceptors (Lipinski definition) is 3. The molecule has 0 aliphatic rings. The van der Waals surface area contributed by atoms with Crippen LogP contribution in [-0.4, -0.2) is 18.9 Å². The Hall–Kier alpha value is -2.73. The molecule has 0 aromatic heterocycles. The van der Waals surface area contributed by atoms with Gasteiger partial charge < -0.3 is 15.4 Å². The van der Waals surface area contributed by atoms with E-state index in [0.29, 0.717) is 12.3 Å². The van der Waals surface area contributed by atoms with Crippen LogP contribution in [-0.2, 0) is 16.1 Å². The predicted molar refractivity (Wildman–Crippen MR) is 85.8 cm³/mol. The van der Waals surface area contributed by atoms with Crippen LogP contribution in [0.4, 0.5) is 15.8 Å². The number of ether oxygens (including phenoxy) is 1. The van der Waals surface area contributed by atoms with Crippen molar-refractivity contribution in [1.29, 1.82) is 0 Å². The van der Waals surface area contributed by atoms with Gasteiger partial charge in [0, 0.05) is 25.3 Å². The van der Waals surface area contributed by atoms with Gasteiger partial charge in [-0.1, -0.05) is 12.1 Å². The Morgan fingerprint density at radius 2 is 1.78 bits per heavy atom. The van der Waals surface area contributed by atoms with Crippen molar-refractivity contribution in [2.24, 2.45) is 0 Å². The van der Waals surface area contributed by atoms with Gasteiger partial charge in [-0.2, -0.15) is 0 Å². The summed E-state index contributed by atoms with van der Waals surface area (Å²) >= 11 is 0. The van der Waals surface area contributed by atoms with Crippen LogP contribution in [0.25, 0.3) is 0 Å². The molecule has 0 bridgehead atoms. The number of anilines is 2. The van der Waals surface area contributed by atoms with Crippen LogP contribution < -0.4 is 10.6 Å². The van der Waals surface area contributed by atoms with E-state index >= 15 is 0 Å². The van der Waals surface area contributed by atoms with E-state index in [0.717, 1.165) is 11.6 Å². The number of methoxy groups -OCH3 is 1. The van der Waals surface area contributed by atoms with E-state index in [2.05, 4.69) is 10.6 Å². The van der Waals surface area contributed by atoms with Gasteiger partial charge in [0.15, 0.2) is 0 Å². The average Bonchev–Trinajstić information content (AvgIpc) is 2.51. The lowest BCUT2D eigenvalue weighted by atomic mass is 10.1. The maximum absolute atomic E-state index is 13.6. The summed E-state index contributed by atoms with van der Waals surface area (Å²) in [5.41, 5.74) is 1.82. The van der Waals surface area contributed by atoms with Crippen molar-refractivity contribution in [3.63, 3.8) is 0 Å². The molecule has 0 spiro atoms. The summed E-state index contributed by atoms with van der Waals surface area (Å²) in [4.78, 5) is 23.2. The molecule has 23 heavy (non-hydrogen) atoms. The molecule has 6 heteroatoms. The van der Waals surface area contributed by atoms with Gasteiger partial charge in [0.25, 0.3) is 5.91 Å². The summed E-state index contributed by atoms with van der Waals surface area (Å²) in [6, 6.07) is 11.0. The Labute approximate surface area is 133 Å². The lowest BCUT2D eigenvalue weighted by Crippen LogP contribution is -2.14. The largest absolute Gasteiger partial charge is 0.380 e. The Balaban J connectivity index is 2.12. The fourth-order valence-corrected chi connectivity index (χ4v) is 2.01. The number of amides is 2. The second-order valence-electron chi connectivity index (χ2n) is 4.96. The van der Waals surface area contributed by atoms with Crippen molar-refractivity contribution in [2.45, 2.75) is 13.5 Å². The van der Waals surface area contributed by atoms with E-state index in [1.807, 2.05) is 12.1 Å². The zero-order valence-electron chi connectivity index (χ0n) is 12.9. The Morgan fingerprint density at radius 1 is 1.09 bits per heavy atom. The van der Waals surface area contributed by atoms with E-state index in [1.54, 1.807) is 19.2 Å². The van der Waals surface area contributed by atoms with E-state index in [1.165, 1.54) is 19.1 Å². The predicted octanol–water partition coefficient (Wildman–Crippen LogP) is 3.18. The van der Waals surface area contributed by atoms with Crippen LogP contribution in [0, 0.1) is 5.82 Å². The van der Waals surface area contributed by atoms with Crippen molar-refractivity contribution in [3.8, 4) is 0 Å². The first-order valence-electron chi connectivity index (χ1n) is 6.96. The van der Waals surface area contributed by atoms with Crippen LogP contribution in [0.3, 0.4) is 0 Å². The number of nitrogens with one attached hydrogen (secondary N) is 2. The Morgan fingerprint density at radius 3 is 2.39 bits per heavy atom. The van der Waals surface area contributed by atoms with Gasteiger partial charge in [-0.25, -0.2) is 4.39 Å². The van der Waals surface area contributed by atoms with E-state index in [9.17, 15) is 14.0 Å². The zero-order valence-corrected chi connectivity index (χ0v) is 12.9. The molecule has 2 aromatic rings. The van der Waals surface area contributed by atoms with Crippen molar-refractivity contribution in [1.82, 2.24) is 0 Å². The summed E-state index contributed by atoms with van der Waals surface area (Å²) in [6.45, 7) is 1.76. The first-order valence-corrected chi connectivity index (χ1v) is 6.96. The molecule has 2 N–H and O–H groups in total. The van der Waals surface area contributed by atoms with Gasteiger partial charge in [0.2, 0.25) is 5.91 Å². The number of rotatable bonds is 5. The van der Waals surface area contributed by atoms with Crippen LogP contribution in [0.5, 0.6) is 0 Å². The highest BCUT2D eigenvalue weighted by molar-refractivity contribution is 6.05. The molecule has 2 amide bonds.